The lowest BCUT2D eigenvalue weighted by molar-refractivity contribution is 0.544. The van der Waals surface area contributed by atoms with Crippen LogP contribution in [0, 0.1) is 5.92 Å². The van der Waals surface area contributed by atoms with Crippen molar-refractivity contribution < 1.29 is 0 Å². The van der Waals surface area contributed by atoms with E-state index in [1.54, 1.807) is 10.8 Å². The van der Waals surface area contributed by atoms with Crippen LogP contribution >= 0.6 is 0 Å². The molecule has 5 rings (SSSR count). The second-order valence-corrected chi connectivity index (χ2v) is 7.58. The molecule has 8 heteroatoms. The van der Waals surface area contributed by atoms with E-state index < -0.39 is 0 Å². The molecule has 3 aromatic heterocycles. The zero-order valence-electron chi connectivity index (χ0n) is 16.2. The highest BCUT2D eigenvalue weighted by Crippen LogP contribution is 2.29. The molecular weight excluding hydrogens is 368 g/mol. The zero-order chi connectivity index (χ0) is 20.0. The average molecular weight is 390 g/mol. The number of fused-ring (bicyclic) bond motifs is 1. The predicted molar refractivity (Wildman–Crippen MR) is 110 cm³/mol. The van der Waals surface area contributed by atoms with Crippen LogP contribution in [0.4, 0.5) is 0 Å². The lowest BCUT2D eigenvalue weighted by Gasteiger charge is -2.08. The minimum atomic E-state index is -0.294. The third kappa shape index (κ3) is 3.20. The summed E-state index contributed by atoms with van der Waals surface area (Å²) >= 11 is 0. The second-order valence-electron chi connectivity index (χ2n) is 7.58. The van der Waals surface area contributed by atoms with Crippen LogP contribution in [-0.4, -0.2) is 28.9 Å². The lowest BCUT2D eigenvalue weighted by Crippen LogP contribution is -2.40. The molecule has 4 aromatic rings. The molecule has 1 saturated carbocycles. The van der Waals surface area contributed by atoms with Gasteiger partial charge in [-0.1, -0.05) is 30.3 Å². The summed E-state index contributed by atoms with van der Waals surface area (Å²) in [4.78, 5) is 33.4. The van der Waals surface area contributed by atoms with E-state index >= 15 is 0 Å². The van der Waals surface area contributed by atoms with E-state index in [1.165, 1.54) is 4.57 Å². The minimum absolute atomic E-state index is 0.283. The van der Waals surface area contributed by atoms with Crippen molar-refractivity contribution in [1.82, 2.24) is 28.9 Å². The Kier molecular flexibility index (Phi) is 4.19. The quantitative estimate of drug-likeness (QED) is 0.547. The van der Waals surface area contributed by atoms with Gasteiger partial charge in [0.1, 0.15) is 11.3 Å². The number of imidazole rings is 1. The number of hydrogen-bond acceptors (Lipinski definition) is 4. The molecule has 1 fully saturated rings. The van der Waals surface area contributed by atoms with Gasteiger partial charge in [-0.3, -0.25) is 18.6 Å². The summed E-state index contributed by atoms with van der Waals surface area (Å²) in [6.45, 7) is 3.47. The first kappa shape index (κ1) is 17.7. The van der Waals surface area contributed by atoms with Gasteiger partial charge in [0.2, 0.25) is 0 Å². The summed E-state index contributed by atoms with van der Waals surface area (Å²) in [5.41, 5.74) is 2.12. The molecule has 1 aliphatic rings. The molecule has 1 aromatic carbocycles. The Balaban J connectivity index is 1.55. The van der Waals surface area contributed by atoms with Crippen molar-refractivity contribution >= 4 is 11.2 Å². The zero-order valence-corrected chi connectivity index (χ0v) is 16.2. The van der Waals surface area contributed by atoms with Gasteiger partial charge in [-0.15, -0.1) is 0 Å². The fourth-order valence-electron chi connectivity index (χ4n) is 3.65. The molecule has 0 radical (unpaired) electrons. The van der Waals surface area contributed by atoms with Gasteiger partial charge in [-0.05, 0) is 31.2 Å². The highest BCUT2D eigenvalue weighted by Gasteiger charge is 2.25. The maximum absolute atomic E-state index is 12.9. The van der Waals surface area contributed by atoms with Gasteiger partial charge >= 0.3 is 5.69 Å². The van der Waals surface area contributed by atoms with Gasteiger partial charge in [0, 0.05) is 19.3 Å². The van der Waals surface area contributed by atoms with Crippen molar-refractivity contribution in [3.05, 3.63) is 69.1 Å². The van der Waals surface area contributed by atoms with Crippen LogP contribution in [0.25, 0.3) is 22.6 Å². The number of aromatic nitrogens is 6. The minimum Gasteiger partial charge on any atom is -0.332 e. The average Bonchev–Trinajstić information content (AvgIpc) is 3.24. The van der Waals surface area contributed by atoms with Crippen LogP contribution in [0.2, 0.25) is 0 Å². The summed E-state index contributed by atoms with van der Waals surface area (Å²) < 4.78 is 4.74. The fraction of sp³-hybridized carbons (Fsp3) is 0.333. The Morgan fingerprint density at radius 2 is 1.93 bits per heavy atom. The highest BCUT2D eigenvalue weighted by atomic mass is 16.2. The number of H-pyrrole nitrogens is 1. The summed E-state index contributed by atoms with van der Waals surface area (Å²) in [5.74, 6) is 0.976. The van der Waals surface area contributed by atoms with Crippen LogP contribution in [-0.2, 0) is 19.6 Å². The molecule has 0 saturated heterocycles. The molecule has 148 valence electrons. The standard InChI is InChI=1S/C21H22N6O2/c1-2-26-19-17(20(28)27(21(26)29)12-15-8-9-15)23-18(24-19)16-10-22-25(13-16)11-14-6-4-3-5-7-14/h3-7,10,13,15H,2,8-9,11-12H2,1H3,(H,23,24). The topological polar surface area (TPSA) is 90.5 Å². The first-order chi connectivity index (χ1) is 14.1. The molecule has 0 amide bonds. The molecule has 0 bridgehead atoms. The smallest absolute Gasteiger partial charge is 0.332 e. The van der Waals surface area contributed by atoms with Crippen molar-refractivity contribution in [2.24, 2.45) is 5.92 Å². The monoisotopic (exact) mass is 390 g/mol. The second kappa shape index (κ2) is 6.88. The van der Waals surface area contributed by atoms with E-state index in [0.717, 1.165) is 24.0 Å². The van der Waals surface area contributed by atoms with Crippen LogP contribution in [0.15, 0.2) is 52.3 Å². The van der Waals surface area contributed by atoms with Crippen molar-refractivity contribution in [3.8, 4) is 11.4 Å². The SMILES string of the molecule is CCn1c(=O)n(CC2CC2)c(=O)c2[nH]c(-c3cnn(Cc4ccccc4)c3)nc21. The maximum atomic E-state index is 12.9. The van der Waals surface area contributed by atoms with Crippen molar-refractivity contribution in [1.29, 1.82) is 0 Å². The Morgan fingerprint density at radius 3 is 2.66 bits per heavy atom. The fourth-order valence-corrected chi connectivity index (χ4v) is 3.65. The Bertz CT molecular complexity index is 1290. The molecule has 0 atom stereocenters. The van der Waals surface area contributed by atoms with Crippen molar-refractivity contribution in [2.45, 2.75) is 39.4 Å². The van der Waals surface area contributed by atoms with E-state index in [1.807, 2.05) is 48.1 Å². The number of benzene rings is 1. The van der Waals surface area contributed by atoms with Crippen LogP contribution in [0.5, 0.6) is 0 Å². The van der Waals surface area contributed by atoms with Gasteiger partial charge in [0.25, 0.3) is 5.56 Å². The normalized spacial score (nSPS) is 14.0. The largest absolute Gasteiger partial charge is 0.332 e. The third-order valence-electron chi connectivity index (χ3n) is 5.41. The lowest BCUT2D eigenvalue weighted by atomic mass is 10.2. The number of nitrogens with zero attached hydrogens (tertiary/aromatic N) is 5. The maximum Gasteiger partial charge on any atom is 0.332 e. The number of nitrogens with one attached hydrogen (secondary N) is 1. The van der Waals surface area contributed by atoms with E-state index in [4.69, 9.17) is 0 Å². The highest BCUT2D eigenvalue weighted by molar-refractivity contribution is 5.75. The summed E-state index contributed by atoms with van der Waals surface area (Å²) in [5, 5.41) is 4.41. The van der Waals surface area contributed by atoms with E-state index in [0.29, 0.717) is 42.5 Å². The van der Waals surface area contributed by atoms with Gasteiger partial charge in [0.05, 0.1) is 18.3 Å². The summed E-state index contributed by atoms with van der Waals surface area (Å²) in [6, 6.07) is 10.1. The molecular formula is C21H22N6O2. The Hall–Kier alpha value is -3.42. The predicted octanol–water partition coefficient (Wildman–Crippen LogP) is 2.23. The first-order valence-electron chi connectivity index (χ1n) is 9.94. The third-order valence-corrected chi connectivity index (χ3v) is 5.41. The van der Waals surface area contributed by atoms with Gasteiger partial charge in [0.15, 0.2) is 5.65 Å². The molecule has 3 heterocycles. The van der Waals surface area contributed by atoms with Crippen molar-refractivity contribution in [3.63, 3.8) is 0 Å². The Labute approximate surface area is 166 Å². The van der Waals surface area contributed by atoms with Gasteiger partial charge < -0.3 is 4.98 Å². The van der Waals surface area contributed by atoms with Crippen LogP contribution in [0.3, 0.4) is 0 Å². The molecule has 29 heavy (non-hydrogen) atoms. The number of aryl methyl sites for hydroxylation is 1. The van der Waals surface area contributed by atoms with Crippen LogP contribution in [0.1, 0.15) is 25.3 Å². The molecule has 0 aliphatic heterocycles. The first-order valence-corrected chi connectivity index (χ1v) is 9.94. The molecule has 1 aliphatic carbocycles. The van der Waals surface area contributed by atoms with Gasteiger partial charge in [-0.2, -0.15) is 5.10 Å². The van der Waals surface area contributed by atoms with E-state index in [2.05, 4.69) is 15.1 Å². The number of aromatic amines is 1. The summed E-state index contributed by atoms with van der Waals surface area (Å²) in [7, 11) is 0. The number of hydrogen-bond donors (Lipinski definition) is 1. The van der Waals surface area contributed by atoms with E-state index in [9.17, 15) is 9.59 Å². The van der Waals surface area contributed by atoms with E-state index in [-0.39, 0.29) is 11.2 Å². The molecule has 8 nitrogen and oxygen atoms in total. The number of rotatable bonds is 6. The van der Waals surface area contributed by atoms with Crippen molar-refractivity contribution in [2.75, 3.05) is 0 Å². The molecule has 0 unspecified atom stereocenters. The molecule has 0 spiro atoms. The summed E-state index contributed by atoms with van der Waals surface area (Å²) in [6.07, 6.45) is 5.76. The molecule has 1 N–H and O–H groups in total. The van der Waals surface area contributed by atoms with Crippen LogP contribution < -0.4 is 11.2 Å². The Morgan fingerprint density at radius 1 is 1.14 bits per heavy atom. The van der Waals surface area contributed by atoms with Gasteiger partial charge in [-0.25, -0.2) is 9.78 Å².